The van der Waals surface area contributed by atoms with E-state index < -0.39 is 0 Å². The number of unbranched alkanes of at least 4 members (excludes halogenated alkanes) is 3. The molecule has 3 heteroatoms. The van der Waals surface area contributed by atoms with Gasteiger partial charge < -0.3 is 9.73 Å². The number of hydrogen-bond donors (Lipinski definition) is 1. The Morgan fingerprint density at radius 3 is 2.83 bits per heavy atom. The normalized spacial score (nSPS) is 11.0. The molecule has 0 aliphatic carbocycles. The Bertz CT molecular complexity index is 490. The Hall–Kier alpha value is -1.51. The van der Waals surface area contributed by atoms with E-state index in [4.69, 9.17) is 4.42 Å². The van der Waals surface area contributed by atoms with E-state index >= 15 is 0 Å². The molecule has 0 aliphatic rings. The Labute approximate surface area is 109 Å². The van der Waals surface area contributed by atoms with Gasteiger partial charge in [-0.3, -0.25) is 0 Å². The highest BCUT2D eigenvalue weighted by Gasteiger charge is 2.04. The molecule has 0 amide bonds. The number of hydrogen-bond acceptors (Lipinski definition) is 3. The van der Waals surface area contributed by atoms with Crippen molar-refractivity contribution in [3.63, 3.8) is 0 Å². The number of nitrogens with one attached hydrogen (secondary N) is 1. The first kappa shape index (κ1) is 12.9. The molecule has 0 spiro atoms. The molecule has 2 aromatic rings. The first-order chi connectivity index (χ1) is 8.83. The second-order valence-corrected chi connectivity index (χ2v) is 4.63. The smallest absolute Gasteiger partial charge is 0.195 e. The van der Waals surface area contributed by atoms with Gasteiger partial charge in [0.15, 0.2) is 11.5 Å². The van der Waals surface area contributed by atoms with Crippen LogP contribution in [0.15, 0.2) is 22.6 Å². The Morgan fingerprint density at radius 1 is 1.17 bits per heavy atom. The van der Waals surface area contributed by atoms with E-state index in [2.05, 4.69) is 36.3 Å². The summed E-state index contributed by atoms with van der Waals surface area (Å²) in [6.07, 6.45) is 5.98. The second kappa shape index (κ2) is 6.43. The van der Waals surface area contributed by atoms with Crippen LogP contribution in [0.5, 0.6) is 0 Å². The fraction of sp³-hybridized carbons (Fsp3) is 0.533. The van der Waals surface area contributed by atoms with E-state index in [1.165, 1.54) is 25.7 Å². The summed E-state index contributed by atoms with van der Waals surface area (Å²) in [5, 5.41) is 3.44. The number of benzene rings is 1. The SMILES string of the molecule is CCCCCCNc1ccc2oc(CC)nc2c1. The average molecular weight is 246 g/mol. The molecule has 1 heterocycles. The fourth-order valence-corrected chi connectivity index (χ4v) is 2.02. The van der Waals surface area contributed by atoms with Gasteiger partial charge in [0, 0.05) is 18.7 Å². The Balaban J connectivity index is 1.93. The van der Waals surface area contributed by atoms with E-state index in [1.807, 2.05) is 6.07 Å². The van der Waals surface area contributed by atoms with Crippen molar-refractivity contribution in [2.75, 3.05) is 11.9 Å². The molecule has 2 rings (SSSR count). The van der Waals surface area contributed by atoms with Crippen LogP contribution in [0.25, 0.3) is 11.1 Å². The number of aryl methyl sites for hydroxylation is 1. The lowest BCUT2D eigenvalue weighted by Gasteiger charge is -2.05. The van der Waals surface area contributed by atoms with Crippen LogP contribution < -0.4 is 5.32 Å². The molecule has 0 aliphatic heterocycles. The van der Waals surface area contributed by atoms with Crippen LogP contribution in [0, 0.1) is 0 Å². The standard InChI is InChI=1S/C15H22N2O/c1-3-5-6-7-10-16-12-8-9-14-13(11-12)17-15(4-2)18-14/h8-9,11,16H,3-7,10H2,1-2H3. The topological polar surface area (TPSA) is 38.1 Å². The first-order valence-corrected chi connectivity index (χ1v) is 6.96. The van der Waals surface area contributed by atoms with Gasteiger partial charge in [0.2, 0.25) is 0 Å². The van der Waals surface area contributed by atoms with Crippen molar-refractivity contribution >= 4 is 16.8 Å². The number of anilines is 1. The molecule has 0 saturated carbocycles. The highest BCUT2D eigenvalue weighted by atomic mass is 16.3. The van der Waals surface area contributed by atoms with Crippen molar-refractivity contribution in [3.05, 3.63) is 24.1 Å². The van der Waals surface area contributed by atoms with Crippen LogP contribution in [0.3, 0.4) is 0 Å². The first-order valence-electron chi connectivity index (χ1n) is 6.96. The summed E-state index contributed by atoms with van der Waals surface area (Å²) in [7, 11) is 0. The molecule has 1 aromatic heterocycles. The zero-order valence-corrected chi connectivity index (χ0v) is 11.3. The minimum atomic E-state index is 0.810. The fourth-order valence-electron chi connectivity index (χ4n) is 2.02. The van der Waals surface area contributed by atoms with E-state index in [1.54, 1.807) is 0 Å². The molecular formula is C15H22N2O. The van der Waals surface area contributed by atoms with Gasteiger partial charge in [-0.1, -0.05) is 33.1 Å². The van der Waals surface area contributed by atoms with Crippen molar-refractivity contribution in [2.45, 2.75) is 46.0 Å². The molecule has 0 unspecified atom stereocenters. The predicted octanol–water partition coefficient (Wildman–Crippen LogP) is 4.38. The summed E-state index contributed by atoms with van der Waals surface area (Å²) in [4.78, 5) is 4.44. The van der Waals surface area contributed by atoms with Crippen molar-refractivity contribution in [3.8, 4) is 0 Å². The number of oxazole rings is 1. The van der Waals surface area contributed by atoms with Crippen LogP contribution >= 0.6 is 0 Å². The van der Waals surface area contributed by atoms with E-state index in [-0.39, 0.29) is 0 Å². The molecule has 0 saturated heterocycles. The van der Waals surface area contributed by atoms with Gasteiger partial charge in [-0.2, -0.15) is 0 Å². The van der Waals surface area contributed by atoms with Crippen molar-refractivity contribution in [1.29, 1.82) is 0 Å². The van der Waals surface area contributed by atoms with Gasteiger partial charge in [-0.15, -0.1) is 0 Å². The maximum absolute atomic E-state index is 5.59. The molecule has 0 atom stereocenters. The maximum atomic E-state index is 5.59. The van der Waals surface area contributed by atoms with Crippen LogP contribution in [0.4, 0.5) is 5.69 Å². The van der Waals surface area contributed by atoms with E-state index in [0.29, 0.717) is 0 Å². The molecule has 1 aromatic carbocycles. The lowest BCUT2D eigenvalue weighted by atomic mass is 10.2. The van der Waals surface area contributed by atoms with Crippen LogP contribution in [-0.2, 0) is 6.42 Å². The number of rotatable bonds is 7. The average Bonchev–Trinajstić information content (AvgIpc) is 2.80. The predicted molar refractivity (Wildman–Crippen MR) is 76.0 cm³/mol. The Morgan fingerprint density at radius 2 is 2.06 bits per heavy atom. The zero-order valence-electron chi connectivity index (χ0n) is 11.3. The number of aromatic nitrogens is 1. The van der Waals surface area contributed by atoms with Gasteiger partial charge >= 0.3 is 0 Å². The van der Waals surface area contributed by atoms with Gasteiger partial charge in [0.1, 0.15) is 5.52 Å². The monoisotopic (exact) mass is 246 g/mol. The van der Waals surface area contributed by atoms with Gasteiger partial charge in [0.25, 0.3) is 0 Å². The molecule has 98 valence electrons. The molecule has 0 bridgehead atoms. The van der Waals surface area contributed by atoms with Crippen LogP contribution in [-0.4, -0.2) is 11.5 Å². The summed E-state index contributed by atoms with van der Waals surface area (Å²) in [5.74, 6) is 0.810. The molecule has 18 heavy (non-hydrogen) atoms. The zero-order chi connectivity index (χ0) is 12.8. The van der Waals surface area contributed by atoms with Gasteiger partial charge in [-0.25, -0.2) is 4.98 Å². The van der Waals surface area contributed by atoms with Crippen LogP contribution in [0.2, 0.25) is 0 Å². The van der Waals surface area contributed by atoms with Gasteiger partial charge in [0.05, 0.1) is 0 Å². The van der Waals surface area contributed by atoms with Crippen LogP contribution in [0.1, 0.15) is 45.4 Å². The number of fused-ring (bicyclic) bond motifs is 1. The highest BCUT2D eigenvalue weighted by molar-refractivity contribution is 5.77. The second-order valence-electron chi connectivity index (χ2n) is 4.63. The Kier molecular flexibility index (Phi) is 4.62. The molecule has 1 N–H and O–H groups in total. The third-order valence-electron chi connectivity index (χ3n) is 3.09. The largest absolute Gasteiger partial charge is 0.441 e. The summed E-state index contributed by atoms with van der Waals surface area (Å²) in [6.45, 7) is 5.32. The lowest BCUT2D eigenvalue weighted by molar-refractivity contribution is 0.538. The molecule has 3 nitrogen and oxygen atoms in total. The van der Waals surface area contributed by atoms with Gasteiger partial charge in [-0.05, 0) is 24.6 Å². The summed E-state index contributed by atoms with van der Waals surface area (Å²) in [5.41, 5.74) is 2.96. The molecular weight excluding hydrogens is 224 g/mol. The quantitative estimate of drug-likeness (QED) is 0.737. The van der Waals surface area contributed by atoms with Crippen molar-refractivity contribution in [2.24, 2.45) is 0 Å². The molecule has 0 fully saturated rings. The summed E-state index contributed by atoms with van der Waals surface area (Å²) in [6, 6.07) is 6.13. The third kappa shape index (κ3) is 3.25. The minimum absolute atomic E-state index is 0.810. The molecule has 0 radical (unpaired) electrons. The maximum Gasteiger partial charge on any atom is 0.195 e. The highest BCUT2D eigenvalue weighted by Crippen LogP contribution is 2.20. The number of nitrogens with zero attached hydrogens (tertiary/aromatic N) is 1. The van der Waals surface area contributed by atoms with Crippen molar-refractivity contribution < 1.29 is 4.42 Å². The third-order valence-corrected chi connectivity index (χ3v) is 3.09. The lowest BCUT2D eigenvalue weighted by Crippen LogP contribution is -2.00. The summed E-state index contributed by atoms with van der Waals surface area (Å²) >= 11 is 0. The van der Waals surface area contributed by atoms with E-state index in [0.717, 1.165) is 35.6 Å². The minimum Gasteiger partial charge on any atom is -0.441 e. The van der Waals surface area contributed by atoms with E-state index in [9.17, 15) is 0 Å². The van der Waals surface area contributed by atoms with Crippen molar-refractivity contribution in [1.82, 2.24) is 4.98 Å². The summed E-state index contributed by atoms with van der Waals surface area (Å²) < 4.78 is 5.59.